The molecule has 1 fully saturated rings. The molecule has 0 unspecified atom stereocenters. The van der Waals surface area contributed by atoms with Crippen LogP contribution in [0.2, 0.25) is 0 Å². The molecule has 2 aliphatic rings. The molecule has 1 amide bonds. The predicted molar refractivity (Wildman–Crippen MR) is 103 cm³/mol. The molecule has 0 bridgehead atoms. The quantitative estimate of drug-likeness (QED) is 0.817. The average Bonchev–Trinajstić information content (AvgIpc) is 3.11. The third-order valence-electron chi connectivity index (χ3n) is 5.63. The SMILES string of the molecule is Cc1ccc(C(=O)N2CCc3nc(N4CCCC4)nc(C)c3CC2)cc1F. The van der Waals surface area contributed by atoms with Gasteiger partial charge in [0.2, 0.25) is 5.95 Å². The number of nitrogens with zero attached hydrogens (tertiary/aromatic N) is 4. The largest absolute Gasteiger partial charge is 0.341 e. The van der Waals surface area contributed by atoms with Gasteiger partial charge in [0.25, 0.3) is 5.91 Å². The highest BCUT2D eigenvalue weighted by atomic mass is 19.1. The molecule has 27 heavy (non-hydrogen) atoms. The Hall–Kier alpha value is -2.50. The van der Waals surface area contributed by atoms with Crippen LogP contribution >= 0.6 is 0 Å². The summed E-state index contributed by atoms with van der Waals surface area (Å²) in [5.74, 6) is 0.368. The maximum absolute atomic E-state index is 13.9. The average molecular weight is 368 g/mol. The van der Waals surface area contributed by atoms with E-state index in [2.05, 4.69) is 4.90 Å². The molecule has 4 rings (SSSR count). The van der Waals surface area contributed by atoms with E-state index in [0.717, 1.165) is 42.4 Å². The molecule has 6 heteroatoms. The Kier molecular flexibility index (Phi) is 4.81. The molecule has 5 nitrogen and oxygen atoms in total. The number of fused-ring (bicyclic) bond motifs is 1. The fourth-order valence-electron chi connectivity index (χ4n) is 3.94. The minimum absolute atomic E-state index is 0.118. The minimum Gasteiger partial charge on any atom is -0.341 e. The zero-order valence-electron chi connectivity index (χ0n) is 16.0. The lowest BCUT2D eigenvalue weighted by Crippen LogP contribution is -2.33. The monoisotopic (exact) mass is 368 g/mol. The molecule has 1 aromatic carbocycles. The van der Waals surface area contributed by atoms with Gasteiger partial charge in [-0.2, -0.15) is 0 Å². The van der Waals surface area contributed by atoms with Crippen molar-refractivity contribution in [3.05, 3.63) is 52.1 Å². The molecule has 2 aromatic rings. The molecule has 3 heterocycles. The van der Waals surface area contributed by atoms with Crippen molar-refractivity contribution in [2.24, 2.45) is 0 Å². The zero-order chi connectivity index (χ0) is 19.0. The summed E-state index contributed by atoms with van der Waals surface area (Å²) in [6, 6.07) is 4.70. The number of hydrogen-bond donors (Lipinski definition) is 0. The lowest BCUT2D eigenvalue weighted by molar-refractivity contribution is 0.0762. The summed E-state index contributed by atoms with van der Waals surface area (Å²) >= 11 is 0. The Morgan fingerprint density at radius 2 is 1.78 bits per heavy atom. The molecule has 0 spiro atoms. The third kappa shape index (κ3) is 3.53. The number of carbonyl (C=O) groups is 1. The van der Waals surface area contributed by atoms with Crippen molar-refractivity contribution < 1.29 is 9.18 Å². The van der Waals surface area contributed by atoms with Crippen LogP contribution in [0, 0.1) is 19.7 Å². The van der Waals surface area contributed by atoms with E-state index in [0.29, 0.717) is 30.6 Å². The molecule has 0 saturated carbocycles. The Morgan fingerprint density at radius 3 is 2.52 bits per heavy atom. The van der Waals surface area contributed by atoms with Gasteiger partial charge < -0.3 is 9.80 Å². The molecule has 0 aliphatic carbocycles. The molecule has 0 atom stereocenters. The molecule has 1 saturated heterocycles. The third-order valence-corrected chi connectivity index (χ3v) is 5.63. The first kappa shape index (κ1) is 17.9. The van der Waals surface area contributed by atoms with Gasteiger partial charge in [-0.05, 0) is 56.4 Å². The summed E-state index contributed by atoms with van der Waals surface area (Å²) in [4.78, 5) is 26.4. The summed E-state index contributed by atoms with van der Waals surface area (Å²) in [5.41, 5.74) is 4.18. The molecule has 0 radical (unpaired) electrons. The van der Waals surface area contributed by atoms with Crippen molar-refractivity contribution in [2.75, 3.05) is 31.1 Å². The highest BCUT2D eigenvalue weighted by Gasteiger charge is 2.24. The number of hydrogen-bond acceptors (Lipinski definition) is 4. The molecule has 142 valence electrons. The van der Waals surface area contributed by atoms with E-state index >= 15 is 0 Å². The number of aryl methyl sites for hydroxylation is 2. The van der Waals surface area contributed by atoms with E-state index < -0.39 is 0 Å². The van der Waals surface area contributed by atoms with Crippen LogP contribution in [0.5, 0.6) is 0 Å². The van der Waals surface area contributed by atoms with Gasteiger partial charge in [-0.1, -0.05) is 6.07 Å². The van der Waals surface area contributed by atoms with Gasteiger partial charge in [-0.25, -0.2) is 14.4 Å². The Labute approximate surface area is 159 Å². The highest BCUT2D eigenvalue weighted by molar-refractivity contribution is 5.94. The smallest absolute Gasteiger partial charge is 0.253 e. The van der Waals surface area contributed by atoms with Crippen molar-refractivity contribution in [3.63, 3.8) is 0 Å². The summed E-state index contributed by atoms with van der Waals surface area (Å²) in [7, 11) is 0. The van der Waals surface area contributed by atoms with E-state index in [1.807, 2.05) is 6.92 Å². The second-order valence-corrected chi connectivity index (χ2v) is 7.48. The Bertz CT molecular complexity index is 877. The fraction of sp³-hybridized carbons (Fsp3) is 0.476. The van der Waals surface area contributed by atoms with E-state index in [4.69, 9.17) is 9.97 Å². The van der Waals surface area contributed by atoms with Gasteiger partial charge >= 0.3 is 0 Å². The second kappa shape index (κ2) is 7.25. The first-order valence-electron chi connectivity index (χ1n) is 9.69. The van der Waals surface area contributed by atoms with Gasteiger partial charge in [0.05, 0.1) is 5.69 Å². The van der Waals surface area contributed by atoms with Crippen LogP contribution in [0.15, 0.2) is 18.2 Å². The molecule has 0 N–H and O–H groups in total. The number of benzene rings is 1. The summed E-state index contributed by atoms with van der Waals surface area (Å²) in [6.07, 6.45) is 3.82. The molecular formula is C21H25FN4O. The maximum Gasteiger partial charge on any atom is 0.253 e. The van der Waals surface area contributed by atoms with Crippen molar-refractivity contribution in [2.45, 2.75) is 39.5 Å². The van der Waals surface area contributed by atoms with Crippen LogP contribution in [-0.4, -0.2) is 47.0 Å². The van der Waals surface area contributed by atoms with E-state index in [1.54, 1.807) is 24.0 Å². The zero-order valence-corrected chi connectivity index (χ0v) is 16.0. The van der Waals surface area contributed by atoms with Crippen LogP contribution in [0.4, 0.5) is 10.3 Å². The molecule has 1 aromatic heterocycles. The van der Waals surface area contributed by atoms with Gasteiger partial charge in [0, 0.05) is 43.9 Å². The first-order chi connectivity index (χ1) is 13.0. The number of rotatable bonds is 2. The van der Waals surface area contributed by atoms with E-state index in [9.17, 15) is 9.18 Å². The minimum atomic E-state index is -0.337. The fourth-order valence-corrected chi connectivity index (χ4v) is 3.94. The molecular weight excluding hydrogens is 343 g/mol. The number of halogens is 1. The predicted octanol–water partition coefficient (Wildman–Crippen LogP) is 3.07. The Morgan fingerprint density at radius 1 is 1.04 bits per heavy atom. The maximum atomic E-state index is 13.9. The number of carbonyl (C=O) groups excluding carboxylic acids is 1. The van der Waals surface area contributed by atoms with Crippen molar-refractivity contribution in [3.8, 4) is 0 Å². The lowest BCUT2D eigenvalue weighted by Gasteiger charge is -2.20. The highest BCUT2D eigenvalue weighted by Crippen LogP contribution is 2.23. The normalized spacial score (nSPS) is 17.0. The van der Waals surface area contributed by atoms with Crippen LogP contribution in [0.3, 0.4) is 0 Å². The van der Waals surface area contributed by atoms with Crippen molar-refractivity contribution in [1.29, 1.82) is 0 Å². The van der Waals surface area contributed by atoms with Crippen LogP contribution < -0.4 is 4.90 Å². The van der Waals surface area contributed by atoms with Crippen LogP contribution in [-0.2, 0) is 12.8 Å². The van der Waals surface area contributed by atoms with Gasteiger partial charge in [-0.3, -0.25) is 4.79 Å². The topological polar surface area (TPSA) is 49.3 Å². The van der Waals surface area contributed by atoms with Gasteiger partial charge in [-0.15, -0.1) is 0 Å². The van der Waals surface area contributed by atoms with Gasteiger partial charge in [0.15, 0.2) is 0 Å². The van der Waals surface area contributed by atoms with Crippen LogP contribution in [0.25, 0.3) is 0 Å². The standard InChI is InChI=1S/C21H25FN4O/c1-14-5-6-16(13-18(14)22)20(27)25-11-7-17-15(2)23-21(24-19(17)8-12-25)26-9-3-4-10-26/h5-6,13H,3-4,7-12H2,1-2H3. The van der Waals surface area contributed by atoms with Crippen molar-refractivity contribution >= 4 is 11.9 Å². The summed E-state index contributed by atoms with van der Waals surface area (Å²) in [6.45, 7) is 6.97. The summed E-state index contributed by atoms with van der Waals surface area (Å²) in [5, 5.41) is 0. The lowest BCUT2D eigenvalue weighted by atomic mass is 10.1. The number of anilines is 1. The van der Waals surface area contributed by atoms with Gasteiger partial charge in [0.1, 0.15) is 5.82 Å². The Balaban J connectivity index is 1.54. The van der Waals surface area contributed by atoms with E-state index in [-0.39, 0.29) is 11.7 Å². The van der Waals surface area contributed by atoms with Crippen molar-refractivity contribution in [1.82, 2.24) is 14.9 Å². The second-order valence-electron chi connectivity index (χ2n) is 7.48. The number of aromatic nitrogens is 2. The summed E-state index contributed by atoms with van der Waals surface area (Å²) < 4.78 is 13.9. The first-order valence-corrected chi connectivity index (χ1v) is 9.69. The van der Waals surface area contributed by atoms with E-state index in [1.165, 1.54) is 18.9 Å². The van der Waals surface area contributed by atoms with Crippen LogP contribution in [0.1, 0.15) is 45.7 Å². The molecule has 2 aliphatic heterocycles. The number of amides is 1.